The zero-order valence-corrected chi connectivity index (χ0v) is 11.6. The van der Waals surface area contributed by atoms with Crippen LogP contribution in [0, 0.1) is 5.92 Å². The Morgan fingerprint density at radius 3 is 2.71 bits per heavy atom. The van der Waals surface area contributed by atoms with Crippen LogP contribution < -0.4 is 5.32 Å². The Hall–Kier alpha value is -0.800. The Bertz CT molecular complexity index is 282. The van der Waals surface area contributed by atoms with Crippen molar-refractivity contribution >= 4 is 0 Å². The molecule has 98 valence electrons. The van der Waals surface area contributed by atoms with Gasteiger partial charge in [0.05, 0.1) is 12.8 Å². The van der Waals surface area contributed by atoms with E-state index < -0.39 is 0 Å². The molecule has 3 nitrogen and oxygen atoms in total. The highest BCUT2D eigenvalue weighted by Crippen LogP contribution is 2.08. The van der Waals surface area contributed by atoms with Gasteiger partial charge in [-0.3, -0.25) is 4.90 Å². The van der Waals surface area contributed by atoms with Crippen LogP contribution in [-0.4, -0.2) is 31.1 Å². The van der Waals surface area contributed by atoms with Gasteiger partial charge in [-0.15, -0.1) is 0 Å². The first-order valence-electron chi connectivity index (χ1n) is 6.53. The molecule has 1 unspecified atom stereocenters. The molecular formula is C14H26N2O. The van der Waals surface area contributed by atoms with Crippen molar-refractivity contribution in [2.24, 2.45) is 5.92 Å². The van der Waals surface area contributed by atoms with E-state index >= 15 is 0 Å². The number of rotatable bonds is 8. The highest BCUT2D eigenvalue weighted by Gasteiger charge is 2.10. The first kappa shape index (κ1) is 14.3. The summed E-state index contributed by atoms with van der Waals surface area (Å²) in [5, 5.41) is 3.48. The molecule has 0 aromatic carbocycles. The van der Waals surface area contributed by atoms with Crippen LogP contribution in [0.4, 0.5) is 0 Å². The minimum Gasteiger partial charge on any atom is -0.468 e. The molecule has 0 radical (unpaired) electrons. The normalized spacial score (nSPS) is 13.5. The molecule has 0 saturated carbocycles. The minimum atomic E-state index is 0.569. The van der Waals surface area contributed by atoms with E-state index in [4.69, 9.17) is 4.42 Å². The molecule has 1 rings (SSSR count). The maximum atomic E-state index is 5.35. The van der Waals surface area contributed by atoms with Gasteiger partial charge >= 0.3 is 0 Å². The SMILES string of the molecule is CC(C)CNCCC(C)N(C)Cc1ccco1. The summed E-state index contributed by atoms with van der Waals surface area (Å²) < 4.78 is 5.35. The van der Waals surface area contributed by atoms with Gasteiger partial charge in [0.2, 0.25) is 0 Å². The minimum absolute atomic E-state index is 0.569. The summed E-state index contributed by atoms with van der Waals surface area (Å²) >= 11 is 0. The second-order valence-corrected chi connectivity index (χ2v) is 5.23. The quantitative estimate of drug-likeness (QED) is 0.706. The maximum Gasteiger partial charge on any atom is 0.117 e. The number of nitrogens with one attached hydrogen (secondary N) is 1. The fraction of sp³-hybridized carbons (Fsp3) is 0.714. The predicted molar refractivity (Wildman–Crippen MR) is 72.0 cm³/mol. The van der Waals surface area contributed by atoms with Gasteiger partial charge in [0.25, 0.3) is 0 Å². The van der Waals surface area contributed by atoms with E-state index in [9.17, 15) is 0 Å². The molecule has 0 saturated heterocycles. The van der Waals surface area contributed by atoms with Gasteiger partial charge in [-0.2, -0.15) is 0 Å². The highest BCUT2D eigenvalue weighted by atomic mass is 16.3. The van der Waals surface area contributed by atoms with Gasteiger partial charge < -0.3 is 9.73 Å². The second-order valence-electron chi connectivity index (χ2n) is 5.23. The van der Waals surface area contributed by atoms with Crippen LogP contribution in [0.2, 0.25) is 0 Å². The van der Waals surface area contributed by atoms with Gasteiger partial charge in [-0.25, -0.2) is 0 Å². The topological polar surface area (TPSA) is 28.4 Å². The van der Waals surface area contributed by atoms with Crippen LogP contribution in [0.5, 0.6) is 0 Å². The third kappa shape index (κ3) is 5.89. The van der Waals surface area contributed by atoms with Crippen molar-refractivity contribution in [3.8, 4) is 0 Å². The Balaban J connectivity index is 2.16. The summed E-state index contributed by atoms with van der Waals surface area (Å²) in [4.78, 5) is 2.33. The molecule has 0 amide bonds. The van der Waals surface area contributed by atoms with E-state index in [1.807, 2.05) is 12.1 Å². The van der Waals surface area contributed by atoms with Crippen molar-refractivity contribution < 1.29 is 4.42 Å². The Labute approximate surface area is 105 Å². The van der Waals surface area contributed by atoms with Crippen LogP contribution >= 0.6 is 0 Å². The molecule has 1 N–H and O–H groups in total. The lowest BCUT2D eigenvalue weighted by Gasteiger charge is -2.24. The Morgan fingerprint density at radius 2 is 2.12 bits per heavy atom. The molecule has 17 heavy (non-hydrogen) atoms. The summed E-state index contributed by atoms with van der Waals surface area (Å²) in [6.07, 6.45) is 2.90. The van der Waals surface area contributed by atoms with Gasteiger partial charge in [0.15, 0.2) is 0 Å². The molecule has 1 aromatic heterocycles. The summed E-state index contributed by atoms with van der Waals surface area (Å²) in [5.74, 6) is 1.76. The number of furan rings is 1. The lowest BCUT2D eigenvalue weighted by molar-refractivity contribution is 0.218. The van der Waals surface area contributed by atoms with Crippen LogP contribution in [0.1, 0.15) is 33.0 Å². The lowest BCUT2D eigenvalue weighted by atomic mass is 10.2. The van der Waals surface area contributed by atoms with E-state index in [-0.39, 0.29) is 0 Å². The largest absolute Gasteiger partial charge is 0.468 e. The highest BCUT2D eigenvalue weighted by molar-refractivity contribution is 4.97. The van der Waals surface area contributed by atoms with Crippen LogP contribution in [-0.2, 0) is 6.54 Å². The molecule has 0 fully saturated rings. The van der Waals surface area contributed by atoms with Gasteiger partial charge in [-0.1, -0.05) is 13.8 Å². The predicted octanol–water partition coefficient (Wildman–Crippen LogP) is 2.74. The lowest BCUT2D eigenvalue weighted by Crippen LogP contribution is -2.32. The summed E-state index contributed by atoms with van der Waals surface area (Å²) in [6, 6.07) is 4.54. The summed E-state index contributed by atoms with van der Waals surface area (Å²) in [6.45, 7) is 9.81. The molecule has 3 heteroatoms. The van der Waals surface area contributed by atoms with Crippen molar-refractivity contribution in [1.29, 1.82) is 0 Å². The van der Waals surface area contributed by atoms with Gasteiger partial charge in [0, 0.05) is 6.04 Å². The van der Waals surface area contributed by atoms with E-state index in [1.165, 1.54) is 6.42 Å². The molecule has 1 atom stereocenters. The number of hydrogen-bond acceptors (Lipinski definition) is 3. The third-order valence-electron chi connectivity index (χ3n) is 3.03. The van der Waals surface area contributed by atoms with Gasteiger partial charge in [0.1, 0.15) is 5.76 Å². The summed E-state index contributed by atoms with van der Waals surface area (Å²) in [5.41, 5.74) is 0. The van der Waals surface area contributed by atoms with Crippen molar-refractivity contribution in [3.05, 3.63) is 24.2 Å². The average Bonchev–Trinajstić information content (AvgIpc) is 2.76. The zero-order valence-electron chi connectivity index (χ0n) is 11.6. The zero-order chi connectivity index (χ0) is 12.7. The molecule has 0 bridgehead atoms. The fourth-order valence-electron chi connectivity index (χ4n) is 1.73. The Kier molecular flexibility index (Phi) is 6.30. The molecular weight excluding hydrogens is 212 g/mol. The van der Waals surface area contributed by atoms with E-state index in [0.717, 1.165) is 31.3 Å². The van der Waals surface area contributed by atoms with Crippen LogP contribution in [0.25, 0.3) is 0 Å². The third-order valence-corrected chi connectivity index (χ3v) is 3.03. The number of nitrogens with zero attached hydrogens (tertiary/aromatic N) is 1. The Morgan fingerprint density at radius 1 is 1.35 bits per heavy atom. The van der Waals surface area contributed by atoms with Crippen molar-refractivity contribution in [3.63, 3.8) is 0 Å². The maximum absolute atomic E-state index is 5.35. The molecule has 1 aromatic rings. The van der Waals surface area contributed by atoms with Crippen molar-refractivity contribution in [2.45, 2.75) is 39.8 Å². The fourth-order valence-corrected chi connectivity index (χ4v) is 1.73. The van der Waals surface area contributed by atoms with Crippen molar-refractivity contribution in [1.82, 2.24) is 10.2 Å². The molecule has 0 aliphatic carbocycles. The number of hydrogen-bond donors (Lipinski definition) is 1. The smallest absolute Gasteiger partial charge is 0.117 e. The summed E-state index contributed by atoms with van der Waals surface area (Å²) in [7, 11) is 2.15. The van der Waals surface area contributed by atoms with Crippen LogP contribution in [0.15, 0.2) is 22.8 Å². The van der Waals surface area contributed by atoms with E-state index in [0.29, 0.717) is 6.04 Å². The van der Waals surface area contributed by atoms with Crippen molar-refractivity contribution in [2.75, 3.05) is 20.1 Å². The monoisotopic (exact) mass is 238 g/mol. The molecule has 1 heterocycles. The molecule has 0 spiro atoms. The molecule has 0 aliphatic rings. The average molecular weight is 238 g/mol. The van der Waals surface area contributed by atoms with E-state index in [1.54, 1.807) is 6.26 Å². The standard InChI is InChI=1S/C14H26N2O/c1-12(2)10-15-8-7-13(3)16(4)11-14-6-5-9-17-14/h5-6,9,12-13,15H,7-8,10-11H2,1-4H3. The first-order valence-corrected chi connectivity index (χ1v) is 6.53. The first-order chi connectivity index (χ1) is 8.09. The van der Waals surface area contributed by atoms with E-state index in [2.05, 4.69) is 38.0 Å². The second kappa shape index (κ2) is 7.51. The van der Waals surface area contributed by atoms with Crippen LogP contribution in [0.3, 0.4) is 0 Å². The molecule has 0 aliphatic heterocycles. The van der Waals surface area contributed by atoms with Gasteiger partial charge in [-0.05, 0) is 51.5 Å².